The number of fused-ring (bicyclic) bond motifs is 1. The van der Waals surface area contributed by atoms with Crippen LogP contribution in [-0.2, 0) is 4.79 Å². The summed E-state index contributed by atoms with van der Waals surface area (Å²) in [4.78, 5) is 24.1. The molecule has 9 heteroatoms. The third-order valence-electron chi connectivity index (χ3n) is 6.03. The van der Waals surface area contributed by atoms with Crippen LogP contribution in [0.3, 0.4) is 0 Å². The van der Waals surface area contributed by atoms with E-state index in [4.69, 9.17) is 9.47 Å². The van der Waals surface area contributed by atoms with Crippen molar-refractivity contribution in [2.24, 2.45) is 0 Å². The van der Waals surface area contributed by atoms with Crippen molar-refractivity contribution in [2.45, 2.75) is 23.9 Å². The van der Waals surface area contributed by atoms with Crippen LogP contribution in [0, 0.1) is 0 Å². The van der Waals surface area contributed by atoms with Crippen LogP contribution in [0.25, 0.3) is 16.7 Å². The van der Waals surface area contributed by atoms with E-state index in [1.807, 2.05) is 53.4 Å². The van der Waals surface area contributed by atoms with Crippen molar-refractivity contribution in [3.63, 3.8) is 0 Å². The number of carbonyl (C=O) groups excluding carboxylic acids is 1. The van der Waals surface area contributed by atoms with Gasteiger partial charge in [-0.2, -0.15) is 5.10 Å². The average Bonchev–Trinajstić information content (AvgIpc) is 3.55. The molecule has 5 rings (SSSR count). The highest BCUT2D eigenvalue weighted by molar-refractivity contribution is 8.00. The fourth-order valence-electron chi connectivity index (χ4n) is 4.40. The highest BCUT2D eigenvalue weighted by Gasteiger charge is 2.32. The van der Waals surface area contributed by atoms with Crippen LogP contribution < -0.4 is 9.47 Å². The predicted molar refractivity (Wildman–Crippen MR) is 131 cm³/mol. The molecular formula is C25H25N5O3S. The number of methoxy groups -OCH3 is 2. The third kappa shape index (κ3) is 4.19. The third-order valence-corrected chi connectivity index (χ3v) is 7.02. The smallest absolute Gasteiger partial charge is 0.233 e. The Kier molecular flexibility index (Phi) is 6.35. The molecule has 3 heterocycles. The van der Waals surface area contributed by atoms with Gasteiger partial charge in [-0.05, 0) is 43.2 Å². The summed E-state index contributed by atoms with van der Waals surface area (Å²) in [5, 5.41) is 6.07. The summed E-state index contributed by atoms with van der Waals surface area (Å²) in [6, 6.07) is 15.5. The molecule has 0 spiro atoms. The summed E-state index contributed by atoms with van der Waals surface area (Å²) in [5.74, 6) is 1.87. The van der Waals surface area contributed by atoms with E-state index < -0.39 is 0 Å². The Bertz CT molecular complexity index is 1310. The average molecular weight is 476 g/mol. The quantitative estimate of drug-likeness (QED) is 0.291. The van der Waals surface area contributed by atoms with Crippen LogP contribution >= 0.6 is 11.8 Å². The highest BCUT2D eigenvalue weighted by Crippen LogP contribution is 2.39. The first kappa shape index (κ1) is 22.2. The summed E-state index contributed by atoms with van der Waals surface area (Å²) in [6.07, 6.45) is 5.12. The molecule has 1 atom stereocenters. The zero-order chi connectivity index (χ0) is 23.5. The predicted octanol–water partition coefficient (Wildman–Crippen LogP) is 4.29. The van der Waals surface area contributed by atoms with Gasteiger partial charge in [0.15, 0.2) is 5.65 Å². The van der Waals surface area contributed by atoms with Gasteiger partial charge < -0.3 is 14.4 Å². The van der Waals surface area contributed by atoms with E-state index in [0.717, 1.165) is 58.2 Å². The van der Waals surface area contributed by atoms with Gasteiger partial charge in [0.25, 0.3) is 0 Å². The van der Waals surface area contributed by atoms with Gasteiger partial charge in [-0.1, -0.05) is 30.0 Å². The molecule has 0 N–H and O–H groups in total. The number of amides is 1. The Morgan fingerprint density at radius 3 is 2.76 bits per heavy atom. The summed E-state index contributed by atoms with van der Waals surface area (Å²) in [5.41, 5.74) is 2.62. The first-order valence-corrected chi connectivity index (χ1v) is 12.1. The summed E-state index contributed by atoms with van der Waals surface area (Å²) < 4.78 is 12.8. The number of ether oxygens (including phenoxy) is 2. The molecule has 1 aliphatic rings. The molecule has 1 amide bonds. The number of aromatic nitrogens is 4. The van der Waals surface area contributed by atoms with Crippen LogP contribution in [0.4, 0.5) is 0 Å². The van der Waals surface area contributed by atoms with Crippen molar-refractivity contribution < 1.29 is 14.3 Å². The van der Waals surface area contributed by atoms with E-state index in [9.17, 15) is 4.79 Å². The van der Waals surface area contributed by atoms with E-state index in [2.05, 4.69) is 15.1 Å². The summed E-state index contributed by atoms with van der Waals surface area (Å²) in [7, 11) is 3.29. The fourth-order valence-corrected chi connectivity index (χ4v) is 5.24. The minimum atomic E-state index is -0.0376. The second-order valence-corrected chi connectivity index (χ2v) is 8.91. The summed E-state index contributed by atoms with van der Waals surface area (Å²) in [6.45, 7) is 0.718. The first-order chi connectivity index (χ1) is 16.7. The summed E-state index contributed by atoms with van der Waals surface area (Å²) >= 11 is 1.42. The number of hydrogen-bond donors (Lipinski definition) is 0. The topological polar surface area (TPSA) is 82.4 Å². The number of carbonyl (C=O) groups is 1. The van der Waals surface area contributed by atoms with Crippen LogP contribution in [0.15, 0.2) is 66.1 Å². The Morgan fingerprint density at radius 2 is 1.97 bits per heavy atom. The van der Waals surface area contributed by atoms with Gasteiger partial charge in [-0.25, -0.2) is 14.6 Å². The van der Waals surface area contributed by atoms with E-state index in [1.54, 1.807) is 25.1 Å². The lowest BCUT2D eigenvalue weighted by molar-refractivity contribution is -0.129. The maximum absolute atomic E-state index is 13.3. The molecule has 174 valence electrons. The normalized spacial score (nSPS) is 15.6. The Morgan fingerprint density at radius 1 is 1.12 bits per heavy atom. The van der Waals surface area contributed by atoms with Gasteiger partial charge in [0.2, 0.25) is 5.91 Å². The zero-order valence-electron chi connectivity index (χ0n) is 19.0. The van der Waals surface area contributed by atoms with E-state index in [-0.39, 0.29) is 17.7 Å². The maximum atomic E-state index is 13.3. The Hall–Kier alpha value is -3.59. The number of rotatable bonds is 7. The molecule has 0 aliphatic carbocycles. The van der Waals surface area contributed by atoms with E-state index in [0.29, 0.717) is 0 Å². The van der Waals surface area contributed by atoms with Crippen LogP contribution in [-0.4, -0.2) is 57.1 Å². The van der Waals surface area contributed by atoms with Gasteiger partial charge in [0.05, 0.1) is 43.3 Å². The van der Waals surface area contributed by atoms with Crippen molar-refractivity contribution in [2.75, 3.05) is 26.5 Å². The minimum absolute atomic E-state index is 0.0376. The molecule has 1 aliphatic heterocycles. The van der Waals surface area contributed by atoms with Crippen LogP contribution in [0.2, 0.25) is 0 Å². The Labute approximate surface area is 201 Å². The number of nitrogens with zero attached hydrogens (tertiary/aromatic N) is 5. The van der Waals surface area contributed by atoms with Gasteiger partial charge in [-0.15, -0.1) is 0 Å². The number of benzene rings is 2. The molecule has 0 saturated carbocycles. The molecule has 0 radical (unpaired) electrons. The number of hydrogen-bond acceptors (Lipinski definition) is 7. The van der Waals surface area contributed by atoms with Gasteiger partial charge >= 0.3 is 0 Å². The van der Waals surface area contributed by atoms with Crippen LogP contribution in [0.1, 0.15) is 24.4 Å². The number of thioether (sulfide) groups is 1. The SMILES string of the molecule is COc1ccc(OC)c(C2CCCN2C(=O)CSc2ncnc3c2cnn3-c2ccccc2)c1. The van der Waals surface area contributed by atoms with Gasteiger partial charge in [0.1, 0.15) is 22.9 Å². The molecule has 2 aromatic carbocycles. The lowest BCUT2D eigenvalue weighted by Gasteiger charge is -2.26. The largest absolute Gasteiger partial charge is 0.497 e. The van der Waals surface area contributed by atoms with Crippen LogP contribution in [0.5, 0.6) is 11.5 Å². The van der Waals surface area contributed by atoms with Crippen molar-refractivity contribution in [1.82, 2.24) is 24.6 Å². The second-order valence-electron chi connectivity index (χ2n) is 7.95. The van der Waals surface area contributed by atoms with Crippen molar-refractivity contribution >= 4 is 28.7 Å². The lowest BCUT2D eigenvalue weighted by atomic mass is 10.0. The fraction of sp³-hybridized carbons (Fsp3) is 0.280. The zero-order valence-corrected chi connectivity index (χ0v) is 19.9. The molecule has 1 fully saturated rings. The first-order valence-electron chi connectivity index (χ1n) is 11.1. The van der Waals surface area contributed by atoms with E-state index >= 15 is 0 Å². The monoisotopic (exact) mass is 475 g/mol. The molecule has 0 bridgehead atoms. The van der Waals surface area contributed by atoms with Gasteiger partial charge in [-0.3, -0.25) is 4.79 Å². The lowest BCUT2D eigenvalue weighted by Crippen LogP contribution is -2.32. The maximum Gasteiger partial charge on any atom is 0.233 e. The molecular weight excluding hydrogens is 450 g/mol. The van der Waals surface area contributed by atoms with Gasteiger partial charge in [0, 0.05) is 12.1 Å². The molecule has 34 heavy (non-hydrogen) atoms. The van der Waals surface area contributed by atoms with Crippen molar-refractivity contribution in [3.8, 4) is 17.2 Å². The van der Waals surface area contributed by atoms with Crippen molar-refractivity contribution in [3.05, 3.63) is 66.6 Å². The van der Waals surface area contributed by atoms with E-state index in [1.165, 1.54) is 18.1 Å². The highest BCUT2D eigenvalue weighted by atomic mass is 32.2. The molecule has 1 saturated heterocycles. The number of para-hydroxylation sites is 1. The molecule has 4 aromatic rings. The number of likely N-dealkylation sites (tertiary alicyclic amines) is 1. The minimum Gasteiger partial charge on any atom is -0.497 e. The second kappa shape index (κ2) is 9.72. The standard InChI is InChI=1S/C25H25N5O3S/c1-32-18-10-11-22(33-2)19(13-18)21-9-6-12-29(21)23(31)15-34-25-20-14-28-30(24(20)26-16-27-25)17-7-4-3-5-8-17/h3-5,7-8,10-11,13-14,16,21H,6,9,12,15H2,1-2H3. The van der Waals surface area contributed by atoms with Crippen molar-refractivity contribution in [1.29, 1.82) is 0 Å². The molecule has 2 aromatic heterocycles. The molecule has 1 unspecified atom stereocenters. The Balaban J connectivity index is 1.35. The molecule has 8 nitrogen and oxygen atoms in total.